The zero-order valence-corrected chi connectivity index (χ0v) is 20.7. The number of rotatable bonds is 7. The van der Waals surface area contributed by atoms with Gasteiger partial charge in [-0.2, -0.15) is 0 Å². The summed E-state index contributed by atoms with van der Waals surface area (Å²) in [6, 6.07) is 14.2. The van der Waals surface area contributed by atoms with Crippen molar-refractivity contribution in [1.82, 2.24) is 4.90 Å². The van der Waals surface area contributed by atoms with Crippen molar-refractivity contribution in [3.8, 4) is 5.75 Å². The topological polar surface area (TPSA) is 66.1 Å². The first-order valence-electron chi connectivity index (χ1n) is 9.99. The molecule has 0 radical (unpaired) electrons. The minimum atomic E-state index is 0. The fourth-order valence-electron chi connectivity index (χ4n) is 3.48. The van der Waals surface area contributed by atoms with Gasteiger partial charge in [0.25, 0.3) is 0 Å². The summed E-state index contributed by atoms with van der Waals surface area (Å²) in [5, 5.41) is 3.61. The zero-order chi connectivity index (χ0) is 20.6. The van der Waals surface area contributed by atoms with E-state index in [0.717, 1.165) is 44.8 Å². The molecule has 1 aliphatic heterocycles. The van der Waals surface area contributed by atoms with Crippen molar-refractivity contribution in [2.45, 2.75) is 13.3 Å². The first kappa shape index (κ1) is 24.6. The number of ether oxygens (including phenoxy) is 1. The number of anilines is 2. The summed E-state index contributed by atoms with van der Waals surface area (Å²) in [6.45, 7) is 8.16. The highest BCUT2D eigenvalue weighted by Crippen LogP contribution is 2.27. The average molecular weight is 544 g/mol. The Bertz CT molecular complexity index is 840. The summed E-state index contributed by atoms with van der Waals surface area (Å²) in [5.41, 5.74) is 9.42. The lowest BCUT2D eigenvalue weighted by atomic mass is 10.2. The highest BCUT2D eigenvalue weighted by Gasteiger charge is 2.16. The summed E-state index contributed by atoms with van der Waals surface area (Å²) in [4.78, 5) is 9.38. The molecule has 0 bridgehead atoms. The molecule has 1 fully saturated rings. The molecule has 1 aliphatic rings. The van der Waals surface area contributed by atoms with E-state index in [9.17, 15) is 0 Å². The lowest BCUT2D eigenvalue weighted by Gasteiger charge is -2.36. The molecule has 0 spiro atoms. The minimum Gasteiger partial charge on any atom is -0.495 e. The van der Waals surface area contributed by atoms with Gasteiger partial charge in [-0.15, -0.1) is 24.0 Å². The maximum absolute atomic E-state index is 6.13. The van der Waals surface area contributed by atoms with E-state index in [2.05, 4.69) is 51.3 Å². The van der Waals surface area contributed by atoms with E-state index in [0.29, 0.717) is 23.3 Å². The monoisotopic (exact) mass is 543 g/mol. The Morgan fingerprint density at radius 1 is 1.17 bits per heavy atom. The van der Waals surface area contributed by atoms with Crippen molar-refractivity contribution in [2.24, 2.45) is 10.7 Å². The number of nitrogens with two attached hydrogens (primary N) is 1. The van der Waals surface area contributed by atoms with Crippen molar-refractivity contribution in [3.05, 3.63) is 53.1 Å². The molecular weight excluding hydrogens is 513 g/mol. The number of aliphatic imine (C=N–C) groups is 1. The fourth-order valence-corrected chi connectivity index (χ4v) is 3.74. The molecule has 0 aromatic heterocycles. The van der Waals surface area contributed by atoms with Gasteiger partial charge in [0.1, 0.15) is 5.75 Å². The molecule has 164 valence electrons. The van der Waals surface area contributed by atoms with Crippen LogP contribution in [-0.4, -0.2) is 57.2 Å². The number of guanidine groups is 1. The lowest BCUT2D eigenvalue weighted by Crippen LogP contribution is -2.46. The number of methoxy groups -OCH3 is 1. The van der Waals surface area contributed by atoms with Gasteiger partial charge in [0.15, 0.2) is 5.96 Å². The maximum Gasteiger partial charge on any atom is 0.193 e. The van der Waals surface area contributed by atoms with E-state index < -0.39 is 0 Å². The van der Waals surface area contributed by atoms with Crippen LogP contribution in [0.4, 0.5) is 11.4 Å². The van der Waals surface area contributed by atoms with Crippen molar-refractivity contribution in [2.75, 3.05) is 56.6 Å². The van der Waals surface area contributed by atoms with Gasteiger partial charge in [-0.3, -0.25) is 9.89 Å². The van der Waals surface area contributed by atoms with Gasteiger partial charge in [0.05, 0.1) is 12.1 Å². The first-order valence-corrected chi connectivity index (χ1v) is 10.4. The largest absolute Gasteiger partial charge is 0.495 e. The summed E-state index contributed by atoms with van der Waals surface area (Å²) in [6.07, 6.45) is 0.982. The van der Waals surface area contributed by atoms with Crippen LogP contribution < -0.4 is 20.7 Å². The van der Waals surface area contributed by atoms with E-state index in [-0.39, 0.29) is 24.0 Å². The summed E-state index contributed by atoms with van der Waals surface area (Å²) < 4.78 is 5.15. The van der Waals surface area contributed by atoms with Gasteiger partial charge in [0.2, 0.25) is 0 Å². The predicted molar refractivity (Wildman–Crippen MR) is 138 cm³/mol. The second-order valence-electron chi connectivity index (χ2n) is 7.26. The Balaban J connectivity index is 0.00000320. The Hall–Kier alpha value is -1.71. The second kappa shape index (κ2) is 12.2. The van der Waals surface area contributed by atoms with E-state index in [1.54, 1.807) is 19.2 Å². The van der Waals surface area contributed by atoms with Gasteiger partial charge in [-0.25, -0.2) is 0 Å². The maximum atomic E-state index is 6.13. The summed E-state index contributed by atoms with van der Waals surface area (Å²) in [5.74, 6) is 1.03. The number of piperazine rings is 1. The number of nitrogens with zero attached hydrogens (tertiary/aromatic N) is 3. The standard InChI is InChI=1S/C22H30ClN5O.HI/c1-17-5-3-6-19(15-17)28-13-11-27(12-14-28)10-4-9-25-22(24)26-18-7-8-21(29-2)20(23)16-18;/h3,5-8,15-16H,4,9-14H2,1-2H3,(H3,24,25,26);1H. The van der Waals surface area contributed by atoms with Crippen molar-refractivity contribution in [3.63, 3.8) is 0 Å². The Morgan fingerprint density at radius 3 is 2.60 bits per heavy atom. The van der Waals surface area contributed by atoms with Gasteiger partial charge in [-0.1, -0.05) is 23.7 Å². The van der Waals surface area contributed by atoms with Crippen molar-refractivity contribution in [1.29, 1.82) is 0 Å². The third-order valence-electron chi connectivity index (χ3n) is 5.08. The number of halogens is 2. The minimum absolute atomic E-state index is 0. The molecule has 0 saturated carbocycles. The van der Waals surface area contributed by atoms with E-state index in [1.165, 1.54) is 11.3 Å². The van der Waals surface area contributed by atoms with Gasteiger partial charge < -0.3 is 20.7 Å². The zero-order valence-electron chi connectivity index (χ0n) is 17.6. The van der Waals surface area contributed by atoms with Crippen LogP contribution in [0.5, 0.6) is 5.75 Å². The Morgan fingerprint density at radius 2 is 1.93 bits per heavy atom. The third-order valence-corrected chi connectivity index (χ3v) is 5.37. The number of nitrogens with one attached hydrogen (secondary N) is 1. The molecule has 8 heteroatoms. The molecule has 3 rings (SSSR count). The quantitative estimate of drug-likeness (QED) is 0.237. The van der Waals surface area contributed by atoms with Gasteiger partial charge in [0, 0.05) is 50.6 Å². The molecule has 3 N–H and O–H groups in total. The normalized spacial score (nSPS) is 14.9. The molecule has 30 heavy (non-hydrogen) atoms. The van der Waals surface area contributed by atoms with E-state index in [1.807, 2.05) is 6.07 Å². The first-order chi connectivity index (χ1) is 14.0. The van der Waals surface area contributed by atoms with Crippen LogP contribution >= 0.6 is 35.6 Å². The van der Waals surface area contributed by atoms with Crippen LogP contribution in [-0.2, 0) is 0 Å². The van der Waals surface area contributed by atoms with Crippen LogP contribution in [0.15, 0.2) is 47.5 Å². The van der Waals surface area contributed by atoms with Crippen molar-refractivity contribution >= 4 is 52.9 Å². The number of hydrogen-bond acceptors (Lipinski definition) is 4. The molecule has 2 aromatic carbocycles. The van der Waals surface area contributed by atoms with Crippen LogP contribution in [0.2, 0.25) is 5.02 Å². The Labute approximate surface area is 201 Å². The smallest absolute Gasteiger partial charge is 0.193 e. The second-order valence-corrected chi connectivity index (χ2v) is 7.67. The molecule has 0 unspecified atom stereocenters. The van der Waals surface area contributed by atoms with Crippen LogP contribution in [0.3, 0.4) is 0 Å². The molecule has 0 amide bonds. The highest BCUT2D eigenvalue weighted by atomic mass is 127. The number of hydrogen-bond donors (Lipinski definition) is 2. The number of aryl methyl sites for hydroxylation is 1. The molecule has 1 saturated heterocycles. The highest BCUT2D eigenvalue weighted by molar-refractivity contribution is 14.0. The molecule has 2 aromatic rings. The van der Waals surface area contributed by atoms with Gasteiger partial charge in [-0.05, 0) is 49.2 Å². The molecule has 0 aliphatic carbocycles. The molecule has 0 atom stereocenters. The predicted octanol–water partition coefficient (Wildman–Crippen LogP) is 4.21. The van der Waals surface area contributed by atoms with Crippen LogP contribution in [0.25, 0.3) is 0 Å². The van der Waals surface area contributed by atoms with Crippen molar-refractivity contribution < 1.29 is 4.74 Å². The fraction of sp³-hybridized carbons (Fsp3) is 0.409. The summed E-state index contributed by atoms with van der Waals surface area (Å²) >= 11 is 6.13. The summed E-state index contributed by atoms with van der Waals surface area (Å²) in [7, 11) is 1.59. The van der Waals surface area contributed by atoms with E-state index >= 15 is 0 Å². The van der Waals surface area contributed by atoms with Crippen LogP contribution in [0.1, 0.15) is 12.0 Å². The molecular formula is C22H31ClIN5O. The third kappa shape index (κ3) is 7.21. The van der Waals surface area contributed by atoms with Crippen LogP contribution in [0, 0.1) is 6.92 Å². The van der Waals surface area contributed by atoms with E-state index in [4.69, 9.17) is 22.1 Å². The Kier molecular flexibility index (Phi) is 10.0. The molecule has 6 nitrogen and oxygen atoms in total. The average Bonchev–Trinajstić information content (AvgIpc) is 2.72. The SMILES string of the molecule is COc1ccc(NC(N)=NCCCN2CCN(c3cccc(C)c3)CC2)cc1Cl.I. The van der Waals surface area contributed by atoms with Gasteiger partial charge >= 0.3 is 0 Å². The number of benzene rings is 2. The molecule has 1 heterocycles. The lowest BCUT2D eigenvalue weighted by molar-refractivity contribution is 0.256.